The molecule has 1 aliphatic heterocycles. The Hall–Kier alpha value is -0.0800. The van der Waals surface area contributed by atoms with Crippen LogP contribution in [0.15, 0.2) is 0 Å². The number of piperidine rings is 1. The van der Waals surface area contributed by atoms with Gasteiger partial charge in [-0.25, -0.2) is 0 Å². The van der Waals surface area contributed by atoms with Gasteiger partial charge in [0.1, 0.15) is 0 Å². The van der Waals surface area contributed by atoms with Crippen LogP contribution in [0, 0.1) is 5.41 Å². The van der Waals surface area contributed by atoms with Gasteiger partial charge in [-0.2, -0.15) is 0 Å². The number of hydrogen-bond donors (Lipinski definition) is 1. The molecule has 2 heteroatoms. The zero-order valence-electron chi connectivity index (χ0n) is 13.2. The summed E-state index contributed by atoms with van der Waals surface area (Å²) in [6.45, 7) is 9.72. The molecule has 19 heavy (non-hydrogen) atoms. The molecule has 0 aromatic heterocycles. The highest BCUT2D eigenvalue weighted by atomic mass is 15.2. The Labute approximate surface area is 120 Å². The first-order valence-corrected chi connectivity index (χ1v) is 8.70. The summed E-state index contributed by atoms with van der Waals surface area (Å²) >= 11 is 0. The zero-order valence-corrected chi connectivity index (χ0v) is 13.2. The minimum absolute atomic E-state index is 0.720. The van der Waals surface area contributed by atoms with Gasteiger partial charge in [0.05, 0.1) is 0 Å². The van der Waals surface area contributed by atoms with Gasteiger partial charge in [-0.05, 0) is 64.1 Å². The van der Waals surface area contributed by atoms with E-state index in [1.807, 2.05) is 0 Å². The monoisotopic (exact) mass is 266 g/mol. The first kappa shape index (κ1) is 15.3. The lowest BCUT2D eigenvalue weighted by molar-refractivity contribution is 0.0490. The van der Waals surface area contributed by atoms with Crippen LogP contribution in [-0.2, 0) is 0 Å². The molecule has 1 aliphatic carbocycles. The van der Waals surface area contributed by atoms with Crippen LogP contribution in [0.1, 0.15) is 71.6 Å². The van der Waals surface area contributed by atoms with Gasteiger partial charge in [-0.15, -0.1) is 0 Å². The van der Waals surface area contributed by atoms with Crippen LogP contribution in [0.4, 0.5) is 0 Å². The van der Waals surface area contributed by atoms with E-state index < -0.39 is 0 Å². The molecule has 1 heterocycles. The average Bonchev–Trinajstić information content (AvgIpc) is 2.45. The van der Waals surface area contributed by atoms with Crippen molar-refractivity contribution in [2.24, 2.45) is 5.41 Å². The minimum atomic E-state index is 0.720. The van der Waals surface area contributed by atoms with Gasteiger partial charge in [-0.1, -0.05) is 32.6 Å². The molecule has 1 atom stereocenters. The standard InChI is InChI=1S/C17H34N2/c1-3-4-12-18-15-16(2)19-13-10-17(11-14-19)8-6-5-7-9-17/h16,18H,3-15H2,1-2H3. The smallest absolute Gasteiger partial charge is 0.0192 e. The van der Waals surface area contributed by atoms with Crippen LogP contribution in [0.2, 0.25) is 0 Å². The van der Waals surface area contributed by atoms with Gasteiger partial charge in [-0.3, -0.25) is 4.90 Å². The molecule has 2 aliphatic rings. The fourth-order valence-corrected chi connectivity index (χ4v) is 3.98. The second-order valence-corrected chi connectivity index (χ2v) is 7.00. The summed E-state index contributed by atoms with van der Waals surface area (Å²) in [6, 6.07) is 0.720. The van der Waals surface area contributed by atoms with Gasteiger partial charge >= 0.3 is 0 Å². The van der Waals surface area contributed by atoms with E-state index in [1.54, 1.807) is 0 Å². The van der Waals surface area contributed by atoms with Crippen molar-refractivity contribution in [3.63, 3.8) is 0 Å². The molecule has 2 rings (SSSR count). The third kappa shape index (κ3) is 4.46. The second-order valence-electron chi connectivity index (χ2n) is 7.00. The third-order valence-electron chi connectivity index (χ3n) is 5.54. The van der Waals surface area contributed by atoms with Crippen molar-refractivity contribution in [3.05, 3.63) is 0 Å². The Balaban J connectivity index is 1.67. The molecular formula is C17H34N2. The summed E-state index contributed by atoms with van der Waals surface area (Å²) in [4.78, 5) is 2.72. The summed E-state index contributed by atoms with van der Waals surface area (Å²) in [5.41, 5.74) is 0.754. The highest BCUT2D eigenvalue weighted by Crippen LogP contribution is 2.44. The maximum Gasteiger partial charge on any atom is 0.0192 e. The highest BCUT2D eigenvalue weighted by Gasteiger charge is 2.36. The first-order valence-electron chi connectivity index (χ1n) is 8.70. The highest BCUT2D eigenvalue weighted by molar-refractivity contribution is 4.89. The lowest BCUT2D eigenvalue weighted by Crippen LogP contribution is -2.48. The molecule has 1 N–H and O–H groups in total. The van der Waals surface area contributed by atoms with E-state index in [-0.39, 0.29) is 0 Å². The molecule has 1 saturated heterocycles. The first-order chi connectivity index (χ1) is 9.26. The van der Waals surface area contributed by atoms with Crippen molar-refractivity contribution in [2.75, 3.05) is 26.2 Å². The second kappa shape index (κ2) is 7.64. The SMILES string of the molecule is CCCCNCC(C)N1CCC2(CCCCC2)CC1. The Morgan fingerprint density at radius 3 is 2.37 bits per heavy atom. The lowest BCUT2D eigenvalue weighted by atomic mass is 9.68. The van der Waals surface area contributed by atoms with Crippen LogP contribution >= 0.6 is 0 Å². The van der Waals surface area contributed by atoms with E-state index >= 15 is 0 Å². The van der Waals surface area contributed by atoms with Crippen molar-refractivity contribution >= 4 is 0 Å². The Morgan fingerprint density at radius 2 is 1.74 bits per heavy atom. The molecule has 112 valence electrons. The predicted octanol–water partition coefficient (Wildman–Crippen LogP) is 3.81. The quantitative estimate of drug-likeness (QED) is 0.735. The number of likely N-dealkylation sites (tertiary alicyclic amines) is 1. The summed E-state index contributed by atoms with van der Waals surface area (Å²) in [6.07, 6.45) is 13.1. The van der Waals surface area contributed by atoms with Crippen molar-refractivity contribution in [1.82, 2.24) is 10.2 Å². The van der Waals surface area contributed by atoms with Crippen molar-refractivity contribution in [2.45, 2.75) is 77.7 Å². The molecule has 0 bridgehead atoms. The van der Waals surface area contributed by atoms with Crippen LogP contribution < -0.4 is 5.32 Å². The van der Waals surface area contributed by atoms with Crippen molar-refractivity contribution in [1.29, 1.82) is 0 Å². The largest absolute Gasteiger partial charge is 0.315 e. The third-order valence-corrected chi connectivity index (χ3v) is 5.54. The van der Waals surface area contributed by atoms with Gasteiger partial charge < -0.3 is 5.32 Å². The maximum atomic E-state index is 3.61. The van der Waals surface area contributed by atoms with Crippen LogP contribution in [0.3, 0.4) is 0 Å². The van der Waals surface area contributed by atoms with Crippen molar-refractivity contribution < 1.29 is 0 Å². The van der Waals surface area contributed by atoms with Gasteiger partial charge in [0.15, 0.2) is 0 Å². The Morgan fingerprint density at radius 1 is 1.05 bits per heavy atom. The van der Waals surface area contributed by atoms with Gasteiger partial charge in [0.25, 0.3) is 0 Å². The normalized spacial score (nSPS) is 25.6. The number of nitrogens with zero attached hydrogens (tertiary/aromatic N) is 1. The fraction of sp³-hybridized carbons (Fsp3) is 1.00. The summed E-state index contributed by atoms with van der Waals surface area (Å²) in [5.74, 6) is 0. The number of nitrogens with one attached hydrogen (secondary N) is 1. The van der Waals surface area contributed by atoms with E-state index in [2.05, 4.69) is 24.1 Å². The fourth-order valence-electron chi connectivity index (χ4n) is 3.98. The molecule has 0 aromatic rings. The van der Waals surface area contributed by atoms with Gasteiger partial charge in [0.2, 0.25) is 0 Å². The molecule has 1 saturated carbocycles. The van der Waals surface area contributed by atoms with Crippen molar-refractivity contribution in [3.8, 4) is 0 Å². The molecule has 0 amide bonds. The molecular weight excluding hydrogens is 232 g/mol. The van der Waals surface area contributed by atoms with E-state index in [1.165, 1.54) is 84.0 Å². The Bertz CT molecular complexity index is 236. The minimum Gasteiger partial charge on any atom is -0.315 e. The van der Waals surface area contributed by atoms with E-state index in [9.17, 15) is 0 Å². The molecule has 2 fully saturated rings. The van der Waals surface area contributed by atoms with Crippen LogP contribution in [-0.4, -0.2) is 37.1 Å². The van der Waals surface area contributed by atoms with Crippen LogP contribution in [0.5, 0.6) is 0 Å². The number of unbranched alkanes of at least 4 members (excludes halogenated alkanes) is 1. The molecule has 1 unspecified atom stereocenters. The average molecular weight is 266 g/mol. The van der Waals surface area contributed by atoms with E-state index in [0.29, 0.717) is 0 Å². The summed E-state index contributed by atoms with van der Waals surface area (Å²) in [5, 5.41) is 3.61. The predicted molar refractivity (Wildman–Crippen MR) is 83.6 cm³/mol. The van der Waals surface area contributed by atoms with Crippen LogP contribution in [0.25, 0.3) is 0 Å². The summed E-state index contributed by atoms with van der Waals surface area (Å²) in [7, 11) is 0. The lowest BCUT2D eigenvalue weighted by Gasteiger charge is -2.46. The van der Waals surface area contributed by atoms with Gasteiger partial charge in [0, 0.05) is 12.6 Å². The number of hydrogen-bond acceptors (Lipinski definition) is 2. The topological polar surface area (TPSA) is 15.3 Å². The maximum absolute atomic E-state index is 3.61. The molecule has 1 spiro atoms. The Kier molecular flexibility index (Phi) is 6.15. The molecule has 0 aromatic carbocycles. The molecule has 2 nitrogen and oxygen atoms in total. The van der Waals surface area contributed by atoms with E-state index in [0.717, 1.165) is 11.5 Å². The molecule has 0 radical (unpaired) electrons. The van der Waals surface area contributed by atoms with E-state index in [4.69, 9.17) is 0 Å². The number of rotatable bonds is 6. The zero-order chi connectivity index (χ0) is 13.6. The summed E-state index contributed by atoms with van der Waals surface area (Å²) < 4.78 is 0.